The second-order valence-corrected chi connectivity index (χ2v) is 4.59. The zero-order valence-corrected chi connectivity index (χ0v) is 11.2. The van der Waals surface area contributed by atoms with Gasteiger partial charge in [0.15, 0.2) is 0 Å². The standard InChI is InChI=1S/C14H12N4S/c1-10-16-17-14(19)18(10)15-9-12-7-4-6-11-5-2-3-8-13(11)12/h2-9H,1H3,(H,17,19)/b15-9-. The van der Waals surface area contributed by atoms with Gasteiger partial charge >= 0.3 is 0 Å². The second kappa shape index (κ2) is 4.78. The minimum absolute atomic E-state index is 0.494. The van der Waals surface area contributed by atoms with E-state index in [9.17, 15) is 0 Å². The van der Waals surface area contributed by atoms with E-state index >= 15 is 0 Å². The Morgan fingerprint density at radius 2 is 2.00 bits per heavy atom. The number of nitrogens with one attached hydrogen (secondary N) is 1. The fraction of sp³-hybridized carbons (Fsp3) is 0.0714. The molecule has 3 aromatic rings. The van der Waals surface area contributed by atoms with Crippen molar-refractivity contribution in [3.8, 4) is 0 Å². The Morgan fingerprint density at radius 1 is 1.21 bits per heavy atom. The zero-order chi connectivity index (χ0) is 13.2. The summed E-state index contributed by atoms with van der Waals surface area (Å²) in [4.78, 5) is 0. The van der Waals surface area contributed by atoms with Gasteiger partial charge in [0.05, 0.1) is 6.21 Å². The van der Waals surface area contributed by atoms with Crippen LogP contribution in [0, 0.1) is 11.7 Å². The van der Waals surface area contributed by atoms with Gasteiger partial charge in [-0.1, -0.05) is 42.5 Å². The van der Waals surface area contributed by atoms with Gasteiger partial charge in [0.1, 0.15) is 5.82 Å². The first-order chi connectivity index (χ1) is 9.25. The highest BCUT2D eigenvalue weighted by Gasteiger charge is 1.99. The number of fused-ring (bicyclic) bond motifs is 1. The summed E-state index contributed by atoms with van der Waals surface area (Å²) in [5.41, 5.74) is 1.06. The fourth-order valence-electron chi connectivity index (χ4n) is 1.99. The minimum Gasteiger partial charge on any atom is -0.250 e. The third kappa shape index (κ3) is 2.20. The molecule has 19 heavy (non-hydrogen) atoms. The van der Waals surface area contributed by atoms with Crippen molar-refractivity contribution >= 4 is 29.2 Å². The minimum atomic E-state index is 0.494. The molecule has 0 fully saturated rings. The Balaban J connectivity index is 2.09. The van der Waals surface area contributed by atoms with Crippen molar-refractivity contribution in [2.24, 2.45) is 5.10 Å². The van der Waals surface area contributed by atoms with E-state index in [0.717, 1.165) is 11.4 Å². The molecule has 0 aliphatic heterocycles. The lowest BCUT2D eigenvalue weighted by molar-refractivity contribution is 0.821. The summed E-state index contributed by atoms with van der Waals surface area (Å²) in [5, 5.41) is 13.5. The van der Waals surface area contributed by atoms with Crippen LogP contribution in [0.2, 0.25) is 0 Å². The molecule has 1 aromatic heterocycles. The lowest BCUT2D eigenvalue weighted by atomic mass is 10.1. The molecule has 0 atom stereocenters. The number of aromatic nitrogens is 3. The van der Waals surface area contributed by atoms with Gasteiger partial charge in [-0.3, -0.25) is 5.10 Å². The molecule has 0 unspecified atom stereocenters. The van der Waals surface area contributed by atoms with Gasteiger partial charge < -0.3 is 0 Å². The van der Waals surface area contributed by atoms with Gasteiger partial charge in [-0.05, 0) is 29.9 Å². The molecule has 3 rings (SSSR count). The van der Waals surface area contributed by atoms with E-state index in [2.05, 4.69) is 33.5 Å². The predicted molar refractivity (Wildman–Crippen MR) is 79.1 cm³/mol. The van der Waals surface area contributed by atoms with Crippen LogP contribution in [0.25, 0.3) is 10.8 Å². The van der Waals surface area contributed by atoms with Crippen LogP contribution in [0.15, 0.2) is 47.6 Å². The molecule has 1 heterocycles. The molecule has 2 aromatic carbocycles. The number of hydrogen-bond donors (Lipinski definition) is 1. The molecule has 0 radical (unpaired) electrons. The summed E-state index contributed by atoms with van der Waals surface area (Å²) < 4.78 is 2.10. The van der Waals surface area contributed by atoms with Crippen LogP contribution in [0.4, 0.5) is 0 Å². The number of H-pyrrole nitrogens is 1. The van der Waals surface area contributed by atoms with E-state index in [1.165, 1.54) is 10.8 Å². The van der Waals surface area contributed by atoms with Crippen LogP contribution >= 0.6 is 12.2 Å². The average Bonchev–Trinajstić information content (AvgIpc) is 2.76. The number of aryl methyl sites for hydroxylation is 1. The average molecular weight is 268 g/mol. The fourth-order valence-corrected chi connectivity index (χ4v) is 2.21. The maximum absolute atomic E-state index is 5.12. The molecular weight excluding hydrogens is 256 g/mol. The van der Waals surface area contributed by atoms with Crippen molar-refractivity contribution in [1.82, 2.24) is 14.9 Å². The molecule has 0 bridgehead atoms. The van der Waals surface area contributed by atoms with E-state index in [-0.39, 0.29) is 0 Å². The molecule has 0 aliphatic carbocycles. The van der Waals surface area contributed by atoms with Crippen molar-refractivity contribution in [2.45, 2.75) is 6.92 Å². The molecule has 0 amide bonds. The van der Waals surface area contributed by atoms with E-state index in [4.69, 9.17) is 12.2 Å². The molecule has 5 heteroatoms. The number of rotatable bonds is 2. The van der Waals surface area contributed by atoms with Crippen molar-refractivity contribution in [3.05, 3.63) is 58.6 Å². The first-order valence-corrected chi connectivity index (χ1v) is 6.33. The molecule has 94 valence electrons. The van der Waals surface area contributed by atoms with Gasteiger partial charge in [-0.2, -0.15) is 14.9 Å². The SMILES string of the molecule is Cc1n[nH]c(=S)n1/N=C\c1cccc2ccccc12. The predicted octanol–water partition coefficient (Wildman–Crippen LogP) is 3.28. The van der Waals surface area contributed by atoms with Gasteiger partial charge in [-0.25, -0.2) is 0 Å². The van der Waals surface area contributed by atoms with Gasteiger partial charge in [0.25, 0.3) is 0 Å². The van der Waals surface area contributed by atoms with E-state index < -0.39 is 0 Å². The Bertz CT molecular complexity index is 808. The highest BCUT2D eigenvalue weighted by Crippen LogP contribution is 2.16. The quantitative estimate of drug-likeness (QED) is 0.572. The third-order valence-electron chi connectivity index (χ3n) is 2.95. The summed E-state index contributed by atoms with van der Waals surface area (Å²) >= 11 is 5.12. The van der Waals surface area contributed by atoms with E-state index in [0.29, 0.717) is 4.77 Å². The zero-order valence-electron chi connectivity index (χ0n) is 10.4. The summed E-state index contributed by atoms with van der Waals surface area (Å²) in [5.74, 6) is 0.737. The maximum Gasteiger partial charge on any atom is 0.216 e. The van der Waals surface area contributed by atoms with Crippen molar-refractivity contribution in [2.75, 3.05) is 0 Å². The Morgan fingerprint density at radius 3 is 2.79 bits per heavy atom. The first kappa shape index (κ1) is 11.8. The van der Waals surface area contributed by atoms with Crippen LogP contribution in [0.5, 0.6) is 0 Å². The third-order valence-corrected chi connectivity index (χ3v) is 3.21. The van der Waals surface area contributed by atoms with Crippen LogP contribution in [0.3, 0.4) is 0 Å². The smallest absolute Gasteiger partial charge is 0.216 e. The molecule has 0 saturated carbocycles. The van der Waals surface area contributed by atoms with Crippen molar-refractivity contribution in [1.29, 1.82) is 0 Å². The molecule has 0 saturated heterocycles. The van der Waals surface area contributed by atoms with Crippen molar-refractivity contribution in [3.63, 3.8) is 0 Å². The summed E-state index contributed by atoms with van der Waals surface area (Å²) in [6, 6.07) is 14.4. The molecule has 0 aliphatic rings. The lowest BCUT2D eigenvalue weighted by Crippen LogP contribution is -1.94. The second-order valence-electron chi connectivity index (χ2n) is 4.20. The summed E-state index contributed by atoms with van der Waals surface area (Å²) in [7, 11) is 0. The largest absolute Gasteiger partial charge is 0.250 e. The van der Waals surface area contributed by atoms with E-state index in [1.807, 2.05) is 31.2 Å². The Hall–Kier alpha value is -2.27. The Labute approximate surface area is 115 Å². The topological polar surface area (TPSA) is 46.0 Å². The van der Waals surface area contributed by atoms with Gasteiger partial charge in [-0.15, -0.1) is 0 Å². The normalized spacial score (nSPS) is 11.4. The van der Waals surface area contributed by atoms with Gasteiger partial charge in [0, 0.05) is 5.56 Å². The van der Waals surface area contributed by atoms with E-state index in [1.54, 1.807) is 10.9 Å². The maximum atomic E-state index is 5.12. The van der Waals surface area contributed by atoms with Gasteiger partial charge in [0.2, 0.25) is 4.77 Å². The van der Waals surface area contributed by atoms with Crippen molar-refractivity contribution < 1.29 is 0 Å². The lowest BCUT2D eigenvalue weighted by Gasteiger charge is -2.01. The first-order valence-electron chi connectivity index (χ1n) is 5.92. The number of benzene rings is 2. The molecule has 1 N–H and O–H groups in total. The summed E-state index contributed by atoms with van der Waals surface area (Å²) in [6.07, 6.45) is 1.81. The number of aromatic amines is 1. The number of nitrogens with zero attached hydrogens (tertiary/aromatic N) is 3. The number of hydrogen-bond acceptors (Lipinski definition) is 3. The highest BCUT2D eigenvalue weighted by molar-refractivity contribution is 7.71. The Kier molecular flexibility index (Phi) is 2.97. The monoisotopic (exact) mass is 268 g/mol. The van der Waals surface area contributed by atoms with Crippen LogP contribution in [0.1, 0.15) is 11.4 Å². The molecule has 4 nitrogen and oxygen atoms in total. The highest BCUT2D eigenvalue weighted by atomic mass is 32.1. The summed E-state index contributed by atoms with van der Waals surface area (Å²) in [6.45, 7) is 1.85. The van der Waals surface area contributed by atoms with Crippen LogP contribution in [-0.4, -0.2) is 21.1 Å². The molecular formula is C14H12N4S. The van der Waals surface area contributed by atoms with Crippen LogP contribution < -0.4 is 0 Å². The molecule has 0 spiro atoms. The van der Waals surface area contributed by atoms with Crippen LogP contribution in [-0.2, 0) is 0 Å².